The van der Waals surface area contributed by atoms with E-state index in [9.17, 15) is 0 Å². The zero-order valence-electron chi connectivity index (χ0n) is 9.46. The molecule has 82 valence electrons. The topological polar surface area (TPSA) is 50.9 Å². The van der Waals surface area contributed by atoms with Crippen LogP contribution in [-0.2, 0) is 0 Å². The van der Waals surface area contributed by atoms with Crippen molar-refractivity contribution >= 4 is 0 Å². The summed E-state index contributed by atoms with van der Waals surface area (Å²) in [5, 5.41) is 0. The number of pyridine rings is 1. The lowest BCUT2D eigenvalue weighted by Gasteiger charge is -2.17. The van der Waals surface area contributed by atoms with E-state index in [1.54, 1.807) is 0 Å². The molecule has 1 unspecified atom stereocenters. The normalized spacial score (nSPS) is 12.5. The van der Waals surface area contributed by atoms with E-state index < -0.39 is 0 Å². The Labute approximate surface area is 91.4 Å². The molecule has 0 fully saturated rings. The van der Waals surface area contributed by atoms with Gasteiger partial charge in [-0.25, -0.2) is 0 Å². The van der Waals surface area contributed by atoms with Gasteiger partial charge in [0.05, 0.1) is 0 Å². The number of aromatic nitrogens is 1. The molecule has 0 saturated heterocycles. The first kappa shape index (κ1) is 11.9. The molecule has 0 saturated carbocycles. The first-order valence-corrected chi connectivity index (χ1v) is 5.20. The van der Waals surface area contributed by atoms with Crippen molar-refractivity contribution in [2.45, 2.75) is 32.7 Å². The number of nitrogens with one attached hydrogen (secondary N) is 1. The summed E-state index contributed by atoms with van der Waals surface area (Å²) in [5.41, 5.74) is 6.08. The van der Waals surface area contributed by atoms with Crippen molar-refractivity contribution in [2.24, 2.45) is 5.84 Å². The summed E-state index contributed by atoms with van der Waals surface area (Å²) in [6.45, 7) is 7.72. The van der Waals surface area contributed by atoms with Gasteiger partial charge in [-0.1, -0.05) is 12.1 Å². The summed E-state index contributed by atoms with van der Waals surface area (Å²) in [7, 11) is 0. The Morgan fingerprint density at radius 1 is 1.53 bits per heavy atom. The van der Waals surface area contributed by atoms with Crippen LogP contribution in [0.3, 0.4) is 0 Å². The van der Waals surface area contributed by atoms with Gasteiger partial charge in [0.2, 0.25) is 0 Å². The quantitative estimate of drug-likeness (QED) is 0.440. The number of nitrogens with zero attached hydrogens (tertiary/aromatic N) is 1. The molecule has 15 heavy (non-hydrogen) atoms. The highest BCUT2D eigenvalue weighted by Gasteiger charge is 2.11. The SMILES string of the molecule is C=CCCC(NN)c1ccc(C)nc1C. The van der Waals surface area contributed by atoms with Crippen molar-refractivity contribution < 1.29 is 0 Å². The maximum Gasteiger partial charge on any atom is 0.0480 e. The van der Waals surface area contributed by atoms with E-state index in [0.717, 1.165) is 24.2 Å². The summed E-state index contributed by atoms with van der Waals surface area (Å²) in [6, 6.07) is 4.27. The molecule has 3 nitrogen and oxygen atoms in total. The van der Waals surface area contributed by atoms with Crippen LogP contribution in [0.5, 0.6) is 0 Å². The van der Waals surface area contributed by atoms with Gasteiger partial charge in [-0.15, -0.1) is 6.58 Å². The summed E-state index contributed by atoms with van der Waals surface area (Å²) < 4.78 is 0. The predicted octanol–water partition coefficient (Wildman–Crippen LogP) is 2.17. The molecular formula is C12H19N3. The fraction of sp³-hybridized carbons (Fsp3) is 0.417. The van der Waals surface area contributed by atoms with Crippen molar-refractivity contribution in [1.82, 2.24) is 10.4 Å². The highest BCUT2D eigenvalue weighted by atomic mass is 15.2. The van der Waals surface area contributed by atoms with Crippen LogP contribution in [-0.4, -0.2) is 4.98 Å². The number of hydrogen-bond acceptors (Lipinski definition) is 3. The summed E-state index contributed by atoms with van der Waals surface area (Å²) in [4.78, 5) is 4.43. The fourth-order valence-electron chi connectivity index (χ4n) is 1.68. The van der Waals surface area contributed by atoms with Crippen LogP contribution in [0.1, 0.15) is 35.8 Å². The molecule has 1 rings (SSSR count). The Morgan fingerprint density at radius 2 is 2.27 bits per heavy atom. The third-order valence-corrected chi connectivity index (χ3v) is 2.50. The molecule has 1 atom stereocenters. The zero-order valence-corrected chi connectivity index (χ0v) is 9.46. The second kappa shape index (κ2) is 5.63. The average molecular weight is 205 g/mol. The minimum Gasteiger partial charge on any atom is -0.271 e. The summed E-state index contributed by atoms with van der Waals surface area (Å²) in [5.74, 6) is 5.54. The molecule has 0 aliphatic rings. The lowest BCUT2D eigenvalue weighted by atomic mass is 10.0. The van der Waals surface area contributed by atoms with Crippen LogP contribution in [0.25, 0.3) is 0 Å². The van der Waals surface area contributed by atoms with Crippen molar-refractivity contribution in [3.05, 3.63) is 41.7 Å². The largest absolute Gasteiger partial charge is 0.271 e. The van der Waals surface area contributed by atoms with Crippen molar-refractivity contribution in [1.29, 1.82) is 0 Å². The molecule has 0 aliphatic heterocycles. The van der Waals surface area contributed by atoms with Crippen LogP contribution in [0.4, 0.5) is 0 Å². The van der Waals surface area contributed by atoms with Crippen LogP contribution < -0.4 is 11.3 Å². The molecule has 0 aliphatic carbocycles. The maximum absolute atomic E-state index is 5.54. The van der Waals surface area contributed by atoms with Crippen LogP contribution in [0.15, 0.2) is 24.8 Å². The number of hydrazine groups is 1. The first-order valence-electron chi connectivity index (χ1n) is 5.20. The molecule has 0 aromatic carbocycles. The maximum atomic E-state index is 5.54. The second-order valence-electron chi connectivity index (χ2n) is 3.71. The summed E-state index contributed by atoms with van der Waals surface area (Å²) in [6.07, 6.45) is 3.80. The Morgan fingerprint density at radius 3 is 2.80 bits per heavy atom. The van der Waals surface area contributed by atoms with Crippen LogP contribution in [0, 0.1) is 13.8 Å². The van der Waals surface area contributed by atoms with Crippen molar-refractivity contribution in [3.63, 3.8) is 0 Å². The minimum atomic E-state index is 0.163. The van der Waals surface area contributed by atoms with E-state index >= 15 is 0 Å². The van der Waals surface area contributed by atoms with Gasteiger partial charge in [0.15, 0.2) is 0 Å². The molecule has 1 aromatic heterocycles. The average Bonchev–Trinajstić information content (AvgIpc) is 2.21. The highest BCUT2D eigenvalue weighted by molar-refractivity contribution is 5.25. The van der Waals surface area contributed by atoms with Gasteiger partial charge in [-0.3, -0.25) is 16.3 Å². The smallest absolute Gasteiger partial charge is 0.0480 e. The first-order chi connectivity index (χ1) is 7.19. The van der Waals surface area contributed by atoms with E-state index in [2.05, 4.69) is 23.1 Å². The molecule has 3 heteroatoms. The molecule has 0 amide bonds. The summed E-state index contributed by atoms with van der Waals surface area (Å²) >= 11 is 0. The zero-order chi connectivity index (χ0) is 11.3. The molecule has 0 bridgehead atoms. The molecule has 0 spiro atoms. The second-order valence-corrected chi connectivity index (χ2v) is 3.71. The standard InChI is InChI=1S/C12H19N3/c1-4-5-6-12(15-13)11-8-7-9(2)14-10(11)3/h4,7-8,12,15H,1,5-6,13H2,2-3H3. The van der Waals surface area contributed by atoms with Gasteiger partial charge >= 0.3 is 0 Å². The number of hydrogen-bond donors (Lipinski definition) is 2. The molecule has 3 N–H and O–H groups in total. The van der Waals surface area contributed by atoms with E-state index in [0.29, 0.717) is 0 Å². The number of allylic oxidation sites excluding steroid dienone is 1. The Hall–Kier alpha value is -1.19. The predicted molar refractivity (Wildman–Crippen MR) is 63.2 cm³/mol. The monoisotopic (exact) mass is 205 g/mol. The van der Waals surface area contributed by atoms with Crippen molar-refractivity contribution in [3.8, 4) is 0 Å². The van der Waals surface area contributed by atoms with Gasteiger partial charge in [-0.2, -0.15) is 0 Å². The van der Waals surface area contributed by atoms with E-state index in [1.807, 2.05) is 26.0 Å². The van der Waals surface area contributed by atoms with Crippen molar-refractivity contribution in [2.75, 3.05) is 0 Å². The Balaban J connectivity index is 2.86. The van der Waals surface area contributed by atoms with E-state index in [4.69, 9.17) is 5.84 Å². The lowest BCUT2D eigenvalue weighted by Crippen LogP contribution is -2.28. The molecule has 0 radical (unpaired) electrons. The Kier molecular flexibility index (Phi) is 4.46. The van der Waals surface area contributed by atoms with Gasteiger partial charge in [-0.05, 0) is 38.3 Å². The Bertz CT molecular complexity index is 334. The van der Waals surface area contributed by atoms with Gasteiger partial charge in [0, 0.05) is 17.4 Å². The molecule has 1 heterocycles. The fourth-order valence-corrected chi connectivity index (χ4v) is 1.68. The van der Waals surface area contributed by atoms with E-state index in [1.165, 1.54) is 5.56 Å². The number of rotatable bonds is 5. The third-order valence-electron chi connectivity index (χ3n) is 2.50. The third kappa shape index (κ3) is 3.15. The molecular weight excluding hydrogens is 186 g/mol. The lowest BCUT2D eigenvalue weighted by molar-refractivity contribution is 0.516. The van der Waals surface area contributed by atoms with Crippen LogP contribution >= 0.6 is 0 Å². The minimum absolute atomic E-state index is 0.163. The van der Waals surface area contributed by atoms with Gasteiger partial charge in [0.1, 0.15) is 0 Å². The van der Waals surface area contributed by atoms with Crippen LogP contribution in [0.2, 0.25) is 0 Å². The number of aryl methyl sites for hydroxylation is 2. The number of nitrogens with two attached hydrogens (primary N) is 1. The van der Waals surface area contributed by atoms with Gasteiger partial charge < -0.3 is 0 Å². The highest BCUT2D eigenvalue weighted by Crippen LogP contribution is 2.20. The molecule has 1 aromatic rings. The van der Waals surface area contributed by atoms with Gasteiger partial charge in [0.25, 0.3) is 0 Å². The van der Waals surface area contributed by atoms with E-state index in [-0.39, 0.29) is 6.04 Å².